The third-order valence-electron chi connectivity index (χ3n) is 4.82. The highest BCUT2D eigenvalue weighted by Gasteiger charge is 2.22. The number of anilines is 1. The van der Waals surface area contributed by atoms with E-state index in [2.05, 4.69) is 5.32 Å². The van der Waals surface area contributed by atoms with Gasteiger partial charge in [0.25, 0.3) is 5.91 Å². The molecule has 132 valence electrons. The predicted molar refractivity (Wildman–Crippen MR) is 97.3 cm³/mol. The number of nitrogens with one attached hydrogen (secondary N) is 1. The number of hydrogen-bond acceptors (Lipinski definition) is 2. The summed E-state index contributed by atoms with van der Waals surface area (Å²) in [6.07, 6.45) is 4.83. The zero-order chi connectivity index (χ0) is 18.1. The zero-order valence-electron chi connectivity index (χ0n) is 14.2. The molecule has 26 heavy (non-hydrogen) atoms. The molecule has 0 aliphatic heterocycles. The minimum Gasteiger partial charge on any atom is -0.322 e. The van der Waals surface area contributed by atoms with Gasteiger partial charge in [-0.25, -0.2) is 8.78 Å². The minimum atomic E-state index is -0.985. The lowest BCUT2D eigenvalue weighted by molar-refractivity contribution is 0.102. The summed E-state index contributed by atoms with van der Waals surface area (Å²) in [7, 11) is 0. The highest BCUT2D eigenvalue weighted by Crippen LogP contribution is 2.29. The molecular formula is C21H18F2N2O. The van der Waals surface area contributed by atoms with E-state index >= 15 is 0 Å². The Balaban J connectivity index is 1.82. The fourth-order valence-corrected chi connectivity index (χ4v) is 3.58. The number of carbonyl (C=O) groups is 1. The molecule has 1 aromatic heterocycles. The number of rotatable bonds is 2. The van der Waals surface area contributed by atoms with Gasteiger partial charge in [-0.3, -0.25) is 9.78 Å². The van der Waals surface area contributed by atoms with Crippen molar-refractivity contribution in [3.05, 3.63) is 70.9 Å². The van der Waals surface area contributed by atoms with Crippen LogP contribution in [0.15, 0.2) is 42.5 Å². The molecule has 0 bridgehead atoms. The van der Waals surface area contributed by atoms with Gasteiger partial charge in [0, 0.05) is 22.8 Å². The first kappa shape index (κ1) is 16.6. The normalized spacial score (nSPS) is 13.9. The van der Waals surface area contributed by atoms with Crippen LogP contribution in [-0.4, -0.2) is 10.9 Å². The van der Waals surface area contributed by atoms with Crippen LogP contribution >= 0.6 is 0 Å². The summed E-state index contributed by atoms with van der Waals surface area (Å²) >= 11 is 0. The van der Waals surface area contributed by atoms with Gasteiger partial charge in [-0.2, -0.15) is 0 Å². The number of aryl methyl sites for hydroxylation is 1. The van der Waals surface area contributed by atoms with Gasteiger partial charge in [0.15, 0.2) is 11.6 Å². The van der Waals surface area contributed by atoms with E-state index in [1.165, 1.54) is 6.07 Å². The zero-order valence-corrected chi connectivity index (χ0v) is 14.2. The van der Waals surface area contributed by atoms with Crippen LogP contribution in [0.1, 0.15) is 40.9 Å². The minimum absolute atomic E-state index is 0.233. The highest BCUT2D eigenvalue weighted by atomic mass is 19.2. The smallest absolute Gasteiger partial charge is 0.256 e. The molecule has 0 radical (unpaired) electrons. The monoisotopic (exact) mass is 352 g/mol. The van der Waals surface area contributed by atoms with E-state index in [0.29, 0.717) is 5.56 Å². The molecule has 1 amide bonds. The maximum Gasteiger partial charge on any atom is 0.256 e. The molecule has 1 aliphatic carbocycles. The molecule has 1 N–H and O–H groups in total. The number of hydrogen-bond donors (Lipinski definition) is 1. The number of amides is 1. The number of nitrogens with zero attached hydrogens (tertiary/aromatic N) is 1. The summed E-state index contributed by atoms with van der Waals surface area (Å²) < 4.78 is 26.6. The summed E-state index contributed by atoms with van der Waals surface area (Å²) in [5.74, 6) is -2.24. The average molecular weight is 352 g/mol. The molecule has 3 aromatic rings. The van der Waals surface area contributed by atoms with E-state index in [1.54, 1.807) is 0 Å². The number of halogens is 2. The lowest BCUT2D eigenvalue weighted by Gasteiger charge is -2.15. The lowest BCUT2D eigenvalue weighted by Crippen LogP contribution is -2.17. The SMILES string of the molecule is O=C(Nc1ccc(F)c(F)c1)c1c2c(nc3ccccc13)CCCCC2. The van der Waals surface area contributed by atoms with Gasteiger partial charge in [-0.05, 0) is 49.4 Å². The summed E-state index contributed by atoms with van der Waals surface area (Å²) in [4.78, 5) is 17.8. The number of aromatic nitrogens is 1. The second-order valence-electron chi connectivity index (χ2n) is 6.57. The van der Waals surface area contributed by atoms with Crippen molar-refractivity contribution in [1.82, 2.24) is 4.98 Å². The van der Waals surface area contributed by atoms with Crippen LogP contribution in [-0.2, 0) is 12.8 Å². The maximum atomic E-state index is 13.5. The summed E-state index contributed by atoms with van der Waals surface area (Å²) in [6, 6.07) is 10.9. The number of carbonyl (C=O) groups excluding carboxylic acids is 1. The summed E-state index contributed by atoms with van der Waals surface area (Å²) in [5, 5.41) is 3.50. The molecule has 0 unspecified atom stereocenters. The first-order chi connectivity index (χ1) is 12.6. The summed E-state index contributed by atoms with van der Waals surface area (Å²) in [6.45, 7) is 0. The summed E-state index contributed by atoms with van der Waals surface area (Å²) in [5.41, 5.74) is 3.55. The van der Waals surface area contributed by atoms with E-state index in [0.717, 1.165) is 66.4 Å². The van der Waals surface area contributed by atoms with Crippen LogP contribution in [0, 0.1) is 11.6 Å². The Morgan fingerprint density at radius 1 is 0.962 bits per heavy atom. The van der Waals surface area contributed by atoms with Gasteiger partial charge < -0.3 is 5.32 Å². The lowest BCUT2D eigenvalue weighted by atomic mass is 9.96. The van der Waals surface area contributed by atoms with E-state index in [9.17, 15) is 13.6 Å². The number of para-hydroxylation sites is 1. The Hall–Kier alpha value is -2.82. The van der Waals surface area contributed by atoms with E-state index in [1.807, 2.05) is 24.3 Å². The van der Waals surface area contributed by atoms with Crippen molar-refractivity contribution >= 4 is 22.5 Å². The van der Waals surface area contributed by atoms with Crippen LogP contribution in [0.3, 0.4) is 0 Å². The van der Waals surface area contributed by atoms with Gasteiger partial charge in [0.1, 0.15) is 0 Å². The molecule has 5 heteroatoms. The van der Waals surface area contributed by atoms with E-state index < -0.39 is 11.6 Å². The second-order valence-corrected chi connectivity index (χ2v) is 6.57. The number of pyridine rings is 1. The average Bonchev–Trinajstić information content (AvgIpc) is 2.87. The van der Waals surface area contributed by atoms with Crippen molar-refractivity contribution in [3.63, 3.8) is 0 Å². The van der Waals surface area contributed by atoms with Crippen LogP contribution < -0.4 is 5.32 Å². The molecule has 0 fully saturated rings. The molecule has 1 aliphatic rings. The van der Waals surface area contributed by atoms with Crippen molar-refractivity contribution in [2.75, 3.05) is 5.32 Å². The van der Waals surface area contributed by atoms with Gasteiger partial charge >= 0.3 is 0 Å². The van der Waals surface area contributed by atoms with Crippen LogP contribution in [0.2, 0.25) is 0 Å². The molecule has 1 heterocycles. The second kappa shape index (κ2) is 6.83. The predicted octanol–water partition coefficient (Wildman–Crippen LogP) is 5.03. The van der Waals surface area contributed by atoms with Crippen molar-refractivity contribution in [2.45, 2.75) is 32.1 Å². The van der Waals surface area contributed by atoms with Gasteiger partial charge in [0.2, 0.25) is 0 Å². The fourth-order valence-electron chi connectivity index (χ4n) is 3.58. The first-order valence-corrected chi connectivity index (χ1v) is 8.80. The topological polar surface area (TPSA) is 42.0 Å². The largest absolute Gasteiger partial charge is 0.322 e. The first-order valence-electron chi connectivity index (χ1n) is 8.80. The molecular weight excluding hydrogens is 334 g/mol. The Bertz CT molecular complexity index is 1000. The van der Waals surface area contributed by atoms with Crippen LogP contribution in [0.25, 0.3) is 10.9 Å². The Kier molecular flexibility index (Phi) is 4.37. The van der Waals surface area contributed by atoms with Gasteiger partial charge in [0.05, 0.1) is 11.1 Å². The number of fused-ring (bicyclic) bond motifs is 2. The quantitative estimate of drug-likeness (QED) is 0.657. The maximum absolute atomic E-state index is 13.5. The molecule has 0 saturated carbocycles. The molecule has 2 aromatic carbocycles. The molecule has 3 nitrogen and oxygen atoms in total. The van der Waals surface area contributed by atoms with Gasteiger partial charge in [-0.15, -0.1) is 0 Å². The molecule has 4 rings (SSSR count). The Morgan fingerprint density at radius 2 is 1.77 bits per heavy atom. The molecule has 0 saturated heterocycles. The van der Waals surface area contributed by atoms with Crippen molar-refractivity contribution < 1.29 is 13.6 Å². The third kappa shape index (κ3) is 3.05. The van der Waals surface area contributed by atoms with Crippen molar-refractivity contribution in [1.29, 1.82) is 0 Å². The van der Waals surface area contributed by atoms with Crippen molar-refractivity contribution in [2.24, 2.45) is 0 Å². The Morgan fingerprint density at radius 3 is 2.62 bits per heavy atom. The molecule has 0 spiro atoms. The van der Waals surface area contributed by atoms with Crippen LogP contribution in [0.4, 0.5) is 14.5 Å². The van der Waals surface area contributed by atoms with Crippen LogP contribution in [0.5, 0.6) is 0 Å². The Labute approximate surface area is 150 Å². The standard InChI is InChI=1S/C21H18F2N2O/c22-16-11-10-13(12-17(16)23)24-21(26)20-14-6-2-1-3-8-18(14)25-19-9-5-4-7-15(19)20/h4-5,7,9-12H,1-3,6,8H2,(H,24,26). The van der Waals surface area contributed by atoms with E-state index in [4.69, 9.17) is 4.98 Å². The van der Waals surface area contributed by atoms with Gasteiger partial charge in [-0.1, -0.05) is 24.6 Å². The van der Waals surface area contributed by atoms with E-state index in [-0.39, 0.29) is 11.6 Å². The van der Waals surface area contributed by atoms with Crippen molar-refractivity contribution in [3.8, 4) is 0 Å². The highest BCUT2D eigenvalue weighted by molar-refractivity contribution is 6.13. The number of benzene rings is 2. The molecule has 0 atom stereocenters. The fraction of sp³-hybridized carbons (Fsp3) is 0.238. The third-order valence-corrected chi connectivity index (χ3v) is 4.82.